The smallest absolute Gasteiger partial charge is 0.411 e. The van der Waals surface area contributed by atoms with Gasteiger partial charge in [0.2, 0.25) is 0 Å². The SMILES string of the molecule is COC(=O)Nc1cc(NC(=O)Nc2cccc(NC(=O)OC)c2C)ccc1C. The van der Waals surface area contributed by atoms with Crippen LogP contribution in [0.5, 0.6) is 0 Å². The lowest BCUT2D eigenvalue weighted by Gasteiger charge is -2.14. The fourth-order valence-electron chi connectivity index (χ4n) is 2.35. The van der Waals surface area contributed by atoms with Gasteiger partial charge in [-0.1, -0.05) is 12.1 Å². The van der Waals surface area contributed by atoms with E-state index in [2.05, 4.69) is 30.7 Å². The van der Waals surface area contributed by atoms with E-state index in [0.717, 1.165) is 5.56 Å². The molecule has 148 valence electrons. The van der Waals surface area contributed by atoms with Crippen LogP contribution in [0.1, 0.15) is 11.1 Å². The monoisotopic (exact) mass is 386 g/mol. The van der Waals surface area contributed by atoms with Crippen molar-refractivity contribution in [3.05, 3.63) is 47.5 Å². The first-order valence-electron chi connectivity index (χ1n) is 8.32. The molecule has 0 fully saturated rings. The molecule has 0 aliphatic rings. The molecule has 2 aromatic rings. The Bertz CT molecular complexity index is 898. The van der Waals surface area contributed by atoms with Crippen molar-refractivity contribution in [3.63, 3.8) is 0 Å². The van der Waals surface area contributed by atoms with Crippen LogP contribution in [0.3, 0.4) is 0 Å². The summed E-state index contributed by atoms with van der Waals surface area (Å²) >= 11 is 0. The van der Waals surface area contributed by atoms with Crippen molar-refractivity contribution >= 4 is 41.0 Å². The number of rotatable bonds is 4. The van der Waals surface area contributed by atoms with E-state index in [1.807, 2.05) is 6.92 Å². The Balaban J connectivity index is 2.10. The van der Waals surface area contributed by atoms with Crippen molar-refractivity contribution in [3.8, 4) is 0 Å². The molecule has 0 spiro atoms. The van der Waals surface area contributed by atoms with E-state index in [1.54, 1.807) is 43.3 Å². The number of ether oxygens (including phenoxy) is 2. The molecule has 0 aliphatic carbocycles. The number of amides is 4. The molecule has 0 bridgehead atoms. The summed E-state index contributed by atoms with van der Waals surface area (Å²) in [6.07, 6.45) is -1.20. The molecule has 4 amide bonds. The number of aryl methyl sites for hydroxylation is 1. The summed E-state index contributed by atoms with van der Waals surface area (Å²) < 4.78 is 9.16. The number of carbonyl (C=O) groups is 3. The Labute approximate surface area is 162 Å². The summed E-state index contributed by atoms with van der Waals surface area (Å²) in [5.41, 5.74) is 3.52. The molecule has 2 rings (SSSR count). The highest BCUT2D eigenvalue weighted by Crippen LogP contribution is 2.24. The molecule has 0 unspecified atom stereocenters. The molecular weight excluding hydrogens is 364 g/mol. The number of benzene rings is 2. The first-order valence-corrected chi connectivity index (χ1v) is 8.32. The predicted octanol–water partition coefficient (Wildman–Crippen LogP) is 4.30. The maximum atomic E-state index is 12.4. The Morgan fingerprint density at radius 2 is 1.32 bits per heavy atom. The van der Waals surface area contributed by atoms with Gasteiger partial charge in [-0.2, -0.15) is 0 Å². The van der Waals surface area contributed by atoms with Gasteiger partial charge < -0.3 is 20.1 Å². The zero-order chi connectivity index (χ0) is 20.7. The third kappa shape index (κ3) is 5.37. The number of nitrogens with one attached hydrogen (secondary N) is 4. The van der Waals surface area contributed by atoms with E-state index in [1.165, 1.54) is 14.2 Å². The zero-order valence-corrected chi connectivity index (χ0v) is 16.0. The summed E-state index contributed by atoms with van der Waals surface area (Å²) in [4.78, 5) is 35.1. The van der Waals surface area contributed by atoms with E-state index in [9.17, 15) is 14.4 Å². The van der Waals surface area contributed by atoms with Crippen LogP contribution in [-0.2, 0) is 9.47 Å². The normalized spacial score (nSPS) is 9.86. The standard InChI is InChI=1S/C19H22N4O5/c1-11-8-9-13(10-16(11)23-19(26)28-4)20-17(24)21-14-6-5-7-15(12(14)2)22-18(25)27-3/h5-10H,1-4H3,(H,22,25)(H,23,26)(H2,20,21,24). The molecule has 9 nitrogen and oxygen atoms in total. The largest absolute Gasteiger partial charge is 0.453 e. The summed E-state index contributed by atoms with van der Waals surface area (Å²) in [6, 6.07) is 9.70. The lowest BCUT2D eigenvalue weighted by molar-refractivity contribution is 0.186. The topological polar surface area (TPSA) is 118 Å². The fourth-order valence-corrected chi connectivity index (χ4v) is 2.35. The van der Waals surface area contributed by atoms with Crippen LogP contribution in [0, 0.1) is 13.8 Å². The van der Waals surface area contributed by atoms with E-state index in [-0.39, 0.29) is 0 Å². The van der Waals surface area contributed by atoms with Crippen LogP contribution < -0.4 is 21.3 Å². The van der Waals surface area contributed by atoms with Crippen molar-refractivity contribution in [1.82, 2.24) is 0 Å². The fraction of sp³-hybridized carbons (Fsp3) is 0.211. The molecular formula is C19H22N4O5. The van der Waals surface area contributed by atoms with Crippen molar-refractivity contribution < 1.29 is 23.9 Å². The third-order valence-corrected chi connectivity index (χ3v) is 3.92. The summed E-state index contributed by atoms with van der Waals surface area (Å²) in [6.45, 7) is 3.57. The van der Waals surface area contributed by atoms with Gasteiger partial charge in [-0.3, -0.25) is 10.6 Å². The van der Waals surface area contributed by atoms with Gasteiger partial charge in [-0.05, 0) is 49.2 Å². The van der Waals surface area contributed by atoms with Crippen LogP contribution >= 0.6 is 0 Å². The minimum absolute atomic E-state index is 0.480. The van der Waals surface area contributed by atoms with Gasteiger partial charge >= 0.3 is 18.2 Å². The van der Waals surface area contributed by atoms with Gasteiger partial charge in [0.15, 0.2) is 0 Å². The van der Waals surface area contributed by atoms with Crippen molar-refractivity contribution in [2.45, 2.75) is 13.8 Å². The molecule has 0 saturated carbocycles. The summed E-state index contributed by atoms with van der Waals surface area (Å²) in [5, 5.41) is 10.6. The Kier molecular flexibility index (Phi) is 6.80. The highest BCUT2D eigenvalue weighted by molar-refractivity contribution is 6.01. The predicted molar refractivity (Wildman–Crippen MR) is 107 cm³/mol. The molecule has 9 heteroatoms. The van der Waals surface area contributed by atoms with E-state index in [0.29, 0.717) is 28.3 Å². The highest BCUT2D eigenvalue weighted by atomic mass is 16.5. The molecule has 0 saturated heterocycles. The molecule has 2 aromatic carbocycles. The first-order chi connectivity index (χ1) is 13.3. The summed E-state index contributed by atoms with van der Waals surface area (Å²) in [5.74, 6) is 0. The van der Waals surface area contributed by atoms with E-state index in [4.69, 9.17) is 0 Å². The number of methoxy groups -OCH3 is 2. The van der Waals surface area contributed by atoms with Crippen molar-refractivity contribution in [2.75, 3.05) is 35.5 Å². The number of hydrogen-bond donors (Lipinski definition) is 4. The average Bonchev–Trinajstić information content (AvgIpc) is 2.67. The van der Waals surface area contributed by atoms with Crippen molar-refractivity contribution in [1.29, 1.82) is 0 Å². The van der Waals surface area contributed by atoms with E-state index >= 15 is 0 Å². The van der Waals surface area contributed by atoms with Gasteiger partial charge in [0.1, 0.15) is 0 Å². The maximum absolute atomic E-state index is 12.4. The van der Waals surface area contributed by atoms with Crippen molar-refractivity contribution in [2.24, 2.45) is 0 Å². The van der Waals surface area contributed by atoms with Gasteiger partial charge in [-0.15, -0.1) is 0 Å². The zero-order valence-electron chi connectivity index (χ0n) is 16.0. The summed E-state index contributed by atoms with van der Waals surface area (Å²) in [7, 11) is 2.54. The Morgan fingerprint density at radius 3 is 1.93 bits per heavy atom. The minimum Gasteiger partial charge on any atom is -0.453 e. The van der Waals surface area contributed by atoms with Gasteiger partial charge in [0.05, 0.1) is 14.2 Å². The van der Waals surface area contributed by atoms with Crippen LogP contribution in [0.25, 0.3) is 0 Å². The molecule has 28 heavy (non-hydrogen) atoms. The lowest BCUT2D eigenvalue weighted by Crippen LogP contribution is -2.21. The molecule has 0 aromatic heterocycles. The highest BCUT2D eigenvalue weighted by Gasteiger charge is 2.11. The Hall–Kier alpha value is -3.75. The quantitative estimate of drug-likeness (QED) is 0.625. The molecule has 0 aliphatic heterocycles. The van der Waals surface area contributed by atoms with Gasteiger partial charge in [0.25, 0.3) is 0 Å². The van der Waals surface area contributed by atoms with Gasteiger partial charge in [0, 0.05) is 22.7 Å². The second kappa shape index (κ2) is 9.26. The first kappa shape index (κ1) is 20.6. The number of anilines is 4. The molecule has 0 radical (unpaired) electrons. The third-order valence-electron chi connectivity index (χ3n) is 3.92. The number of hydrogen-bond acceptors (Lipinski definition) is 5. The average molecular weight is 386 g/mol. The molecule has 0 atom stereocenters. The lowest BCUT2D eigenvalue weighted by atomic mass is 10.1. The second-order valence-corrected chi connectivity index (χ2v) is 5.82. The second-order valence-electron chi connectivity index (χ2n) is 5.82. The Morgan fingerprint density at radius 1 is 0.750 bits per heavy atom. The van der Waals surface area contributed by atoms with Crippen LogP contribution in [0.4, 0.5) is 37.1 Å². The van der Waals surface area contributed by atoms with Gasteiger partial charge in [-0.25, -0.2) is 14.4 Å². The number of carbonyl (C=O) groups excluding carboxylic acids is 3. The molecule has 0 heterocycles. The number of urea groups is 1. The van der Waals surface area contributed by atoms with Crippen LogP contribution in [-0.4, -0.2) is 32.4 Å². The minimum atomic E-state index is -0.602. The van der Waals surface area contributed by atoms with Crippen LogP contribution in [0.15, 0.2) is 36.4 Å². The molecule has 4 N–H and O–H groups in total. The van der Waals surface area contributed by atoms with E-state index < -0.39 is 18.2 Å². The maximum Gasteiger partial charge on any atom is 0.411 e. The van der Waals surface area contributed by atoms with Crippen LogP contribution in [0.2, 0.25) is 0 Å².